The number of nitrogens with one attached hydrogen (secondary N) is 2. The molecule has 0 spiro atoms. The minimum atomic E-state index is -0.243. The second kappa shape index (κ2) is 7.96. The SMILES string of the molecule is O=C(NCc1ccccn1)c1cncc(Nc2c(Cl)cccc2Cl)c1. The van der Waals surface area contributed by atoms with Crippen molar-refractivity contribution >= 4 is 40.5 Å². The Morgan fingerprint density at radius 3 is 2.56 bits per heavy atom. The zero-order chi connectivity index (χ0) is 17.6. The van der Waals surface area contributed by atoms with Crippen molar-refractivity contribution in [3.63, 3.8) is 0 Å². The van der Waals surface area contributed by atoms with E-state index in [9.17, 15) is 4.79 Å². The van der Waals surface area contributed by atoms with Gasteiger partial charge in [0.15, 0.2) is 0 Å². The molecule has 25 heavy (non-hydrogen) atoms. The quantitative estimate of drug-likeness (QED) is 0.693. The van der Waals surface area contributed by atoms with Crippen LogP contribution in [-0.2, 0) is 6.54 Å². The molecule has 0 radical (unpaired) electrons. The number of aromatic nitrogens is 2. The number of carbonyl (C=O) groups excluding carboxylic acids is 1. The lowest BCUT2D eigenvalue weighted by molar-refractivity contribution is 0.0950. The summed E-state index contributed by atoms with van der Waals surface area (Å²) in [6, 6.07) is 12.4. The molecular weight excluding hydrogens is 359 g/mol. The number of pyridine rings is 2. The normalized spacial score (nSPS) is 10.3. The molecule has 2 N–H and O–H groups in total. The van der Waals surface area contributed by atoms with Gasteiger partial charge in [0.25, 0.3) is 5.91 Å². The molecule has 0 atom stereocenters. The summed E-state index contributed by atoms with van der Waals surface area (Å²) in [5.74, 6) is -0.243. The van der Waals surface area contributed by atoms with Crippen molar-refractivity contribution in [3.05, 3.63) is 82.4 Å². The largest absolute Gasteiger partial charge is 0.352 e. The van der Waals surface area contributed by atoms with Crippen LogP contribution in [0.2, 0.25) is 10.0 Å². The molecule has 0 bridgehead atoms. The molecule has 0 aliphatic rings. The van der Waals surface area contributed by atoms with Gasteiger partial charge in [0.1, 0.15) is 0 Å². The van der Waals surface area contributed by atoms with E-state index in [1.54, 1.807) is 36.7 Å². The van der Waals surface area contributed by atoms with E-state index in [4.69, 9.17) is 23.2 Å². The minimum Gasteiger partial charge on any atom is -0.352 e. The second-order valence-electron chi connectivity index (χ2n) is 5.19. The fourth-order valence-electron chi connectivity index (χ4n) is 2.17. The number of benzene rings is 1. The highest BCUT2D eigenvalue weighted by Crippen LogP contribution is 2.32. The number of hydrogen-bond donors (Lipinski definition) is 2. The van der Waals surface area contributed by atoms with Gasteiger partial charge in [-0.15, -0.1) is 0 Å². The maximum atomic E-state index is 12.3. The number of carbonyl (C=O) groups is 1. The highest BCUT2D eigenvalue weighted by Gasteiger charge is 2.10. The van der Waals surface area contributed by atoms with Gasteiger partial charge in [0.2, 0.25) is 0 Å². The van der Waals surface area contributed by atoms with Crippen LogP contribution in [0, 0.1) is 0 Å². The number of nitrogens with zero attached hydrogens (tertiary/aromatic N) is 2. The van der Waals surface area contributed by atoms with Crippen molar-refractivity contribution in [2.45, 2.75) is 6.54 Å². The predicted molar refractivity (Wildman–Crippen MR) is 99.4 cm³/mol. The summed E-state index contributed by atoms with van der Waals surface area (Å²) in [4.78, 5) is 20.6. The third-order valence-corrected chi connectivity index (χ3v) is 4.02. The lowest BCUT2D eigenvalue weighted by atomic mass is 10.2. The van der Waals surface area contributed by atoms with Gasteiger partial charge >= 0.3 is 0 Å². The van der Waals surface area contributed by atoms with Gasteiger partial charge in [-0.25, -0.2) is 0 Å². The Balaban J connectivity index is 1.72. The first-order valence-corrected chi connectivity index (χ1v) is 8.23. The van der Waals surface area contributed by atoms with Gasteiger partial charge in [0, 0.05) is 12.4 Å². The minimum absolute atomic E-state index is 0.243. The van der Waals surface area contributed by atoms with Crippen molar-refractivity contribution in [1.29, 1.82) is 0 Å². The van der Waals surface area contributed by atoms with Crippen LogP contribution in [0.5, 0.6) is 0 Å². The first-order valence-electron chi connectivity index (χ1n) is 7.47. The van der Waals surface area contributed by atoms with E-state index in [0.29, 0.717) is 33.5 Å². The summed E-state index contributed by atoms with van der Waals surface area (Å²) >= 11 is 12.3. The average molecular weight is 373 g/mol. The molecule has 0 saturated heterocycles. The van der Waals surface area contributed by atoms with Crippen LogP contribution in [-0.4, -0.2) is 15.9 Å². The van der Waals surface area contributed by atoms with E-state index in [0.717, 1.165) is 5.69 Å². The number of hydrogen-bond acceptors (Lipinski definition) is 4. The third-order valence-electron chi connectivity index (χ3n) is 3.39. The molecule has 126 valence electrons. The van der Waals surface area contributed by atoms with Crippen LogP contribution in [0.3, 0.4) is 0 Å². The Morgan fingerprint density at radius 2 is 1.84 bits per heavy atom. The zero-order valence-corrected chi connectivity index (χ0v) is 14.6. The first-order chi connectivity index (χ1) is 12.1. The number of amides is 1. The lowest BCUT2D eigenvalue weighted by Crippen LogP contribution is -2.23. The van der Waals surface area contributed by atoms with Crippen LogP contribution in [0.4, 0.5) is 11.4 Å². The Morgan fingerprint density at radius 1 is 1.04 bits per heavy atom. The van der Waals surface area contributed by atoms with E-state index in [2.05, 4.69) is 20.6 Å². The molecule has 0 aliphatic carbocycles. The van der Waals surface area contributed by atoms with Crippen molar-refractivity contribution in [1.82, 2.24) is 15.3 Å². The second-order valence-corrected chi connectivity index (χ2v) is 6.00. The number of halogens is 2. The van der Waals surface area contributed by atoms with Gasteiger partial charge < -0.3 is 10.6 Å². The zero-order valence-electron chi connectivity index (χ0n) is 13.0. The molecule has 0 aliphatic heterocycles. The predicted octanol–water partition coefficient (Wildman–Crippen LogP) is 4.46. The summed E-state index contributed by atoms with van der Waals surface area (Å²) in [6.45, 7) is 0.341. The summed E-state index contributed by atoms with van der Waals surface area (Å²) in [6.07, 6.45) is 4.77. The maximum absolute atomic E-state index is 12.3. The maximum Gasteiger partial charge on any atom is 0.253 e. The molecule has 0 unspecified atom stereocenters. The van der Waals surface area contributed by atoms with Crippen LogP contribution >= 0.6 is 23.2 Å². The van der Waals surface area contributed by atoms with E-state index < -0.39 is 0 Å². The van der Waals surface area contributed by atoms with Crippen molar-refractivity contribution in [3.8, 4) is 0 Å². The van der Waals surface area contributed by atoms with Crippen LogP contribution in [0.25, 0.3) is 0 Å². The Hall–Kier alpha value is -2.63. The highest BCUT2D eigenvalue weighted by atomic mass is 35.5. The third kappa shape index (κ3) is 4.47. The molecule has 2 aromatic heterocycles. The summed E-state index contributed by atoms with van der Waals surface area (Å²) < 4.78 is 0. The summed E-state index contributed by atoms with van der Waals surface area (Å²) in [5.41, 5.74) is 2.38. The average Bonchev–Trinajstić information content (AvgIpc) is 2.64. The lowest BCUT2D eigenvalue weighted by Gasteiger charge is -2.11. The summed E-state index contributed by atoms with van der Waals surface area (Å²) in [7, 11) is 0. The van der Waals surface area contributed by atoms with Gasteiger partial charge in [-0.3, -0.25) is 14.8 Å². The molecule has 5 nitrogen and oxygen atoms in total. The molecule has 0 saturated carbocycles. The molecule has 3 aromatic rings. The molecule has 1 amide bonds. The molecule has 1 aromatic carbocycles. The van der Waals surface area contributed by atoms with E-state index in [1.165, 1.54) is 6.20 Å². The van der Waals surface area contributed by atoms with Crippen LogP contribution < -0.4 is 10.6 Å². The Kier molecular flexibility index (Phi) is 5.48. The highest BCUT2D eigenvalue weighted by molar-refractivity contribution is 6.39. The van der Waals surface area contributed by atoms with Crippen LogP contribution in [0.15, 0.2) is 61.1 Å². The molecular formula is C18H14Cl2N4O. The van der Waals surface area contributed by atoms with Gasteiger partial charge in [-0.1, -0.05) is 35.3 Å². The van der Waals surface area contributed by atoms with Gasteiger partial charge in [0.05, 0.1) is 45.4 Å². The fourth-order valence-corrected chi connectivity index (χ4v) is 2.66. The van der Waals surface area contributed by atoms with Crippen molar-refractivity contribution in [2.24, 2.45) is 0 Å². The van der Waals surface area contributed by atoms with E-state index >= 15 is 0 Å². The standard InChI is InChI=1S/C18H14Cl2N4O/c19-15-5-3-6-16(20)17(15)24-14-8-12(9-21-10-14)18(25)23-11-13-4-1-2-7-22-13/h1-10,24H,11H2,(H,23,25). The topological polar surface area (TPSA) is 66.9 Å². The monoisotopic (exact) mass is 372 g/mol. The number of rotatable bonds is 5. The first kappa shape index (κ1) is 17.2. The van der Waals surface area contributed by atoms with Gasteiger partial charge in [-0.05, 0) is 30.3 Å². The fraction of sp³-hybridized carbons (Fsp3) is 0.0556. The van der Waals surface area contributed by atoms with Crippen LogP contribution in [0.1, 0.15) is 16.1 Å². The van der Waals surface area contributed by atoms with E-state index in [1.807, 2.05) is 18.2 Å². The van der Waals surface area contributed by atoms with E-state index in [-0.39, 0.29) is 5.91 Å². The molecule has 2 heterocycles. The Bertz CT molecular complexity index is 867. The Labute approximate surface area is 155 Å². The smallest absolute Gasteiger partial charge is 0.253 e. The molecule has 0 fully saturated rings. The number of para-hydroxylation sites is 1. The molecule has 7 heteroatoms. The van der Waals surface area contributed by atoms with Gasteiger partial charge in [-0.2, -0.15) is 0 Å². The van der Waals surface area contributed by atoms with Crippen molar-refractivity contribution < 1.29 is 4.79 Å². The van der Waals surface area contributed by atoms with Crippen molar-refractivity contribution in [2.75, 3.05) is 5.32 Å². The molecule has 3 rings (SSSR count). The summed E-state index contributed by atoms with van der Waals surface area (Å²) in [5, 5.41) is 6.87. The number of anilines is 2.